The number of hydrogen-bond acceptors (Lipinski definition) is 4. The maximum Gasteiger partial charge on any atom is 0.238 e. The van der Waals surface area contributed by atoms with Gasteiger partial charge in [0.25, 0.3) is 0 Å². The lowest BCUT2D eigenvalue weighted by Gasteiger charge is -1.97. The standard InChI is InChI=1S/C8H9ClN2O2S2/c1-5-3-11-7(4-15(9,12)13)6(2)10-8(11)14-5/h3H,4H2,1-2H3. The van der Waals surface area contributed by atoms with Gasteiger partial charge in [0.2, 0.25) is 9.05 Å². The normalized spacial score (nSPS) is 12.5. The van der Waals surface area contributed by atoms with Crippen molar-refractivity contribution in [2.24, 2.45) is 0 Å². The highest BCUT2D eigenvalue weighted by Gasteiger charge is 2.16. The van der Waals surface area contributed by atoms with Gasteiger partial charge in [-0.3, -0.25) is 4.40 Å². The number of hydrogen-bond donors (Lipinski definition) is 0. The molecule has 82 valence electrons. The first kappa shape index (κ1) is 10.9. The number of fused-ring (bicyclic) bond motifs is 1. The summed E-state index contributed by atoms with van der Waals surface area (Å²) in [7, 11) is 1.70. The molecule has 2 rings (SSSR count). The third kappa shape index (κ3) is 2.16. The van der Waals surface area contributed by atoms with Gasteiger partial charge in [-0.05, 0) is 13.8 Å². The van der Waals surface area contributed by atoms with E-state index in [0.29, 0.717) is 11.4 Å². The first-order chi connectivity index (χ1) is 6.87. The quantitative estimate of drug-likeness (QED) is 0.781. The van der Waals surface area contributed by atoms with Crippen molar-refractivity contribution in [2.75, 3.05) is 0 Å². The largest absolute Gasteiger partial charge is 0.293 e. The minimum atomic E-state index is -3.54. The van der Waals surface area contributed by atoms with Gasteiger partial charge in [-0.2, -0.15) is 0 Å². The highest BCUT2D eigenvalue weighted by molar-refractivity contribution is 8.13. The SMILES string of the molecule is Cc1cn2c(CS(=O)(=O)Cl)c(C)nc2s1. The monoisotopic (exact) mass is 264 g/mol. The number of aromatic nitrogens is 2. The minimum Gasteiger partial charge on any atom is -0.293 e. The predicted molar refractivity (Wildman–Crippen MR) is 61.0 cm³/mol. The van der Waals surface area contributed by atoms with Crippen LogP contribution in [0.5, 0.6) is 0 Å². The zero-order valence-electron chi connectivity index (χ0n) is 8.19. The molecule has 0 N–H and O–H groups in total. The van der Waals surface area contributed by atoms with Crippen LogP contribution in [0.3, 0.4) is 0 Å². The van der Waals surface area contributed by atoms with Gasteiger partial charge >= 0.3 is 0 Å². The highest BCUT2D eigenvalue weighted by Crippen LogP contribution is 2.22. The lowest BCUT2D eigenvalue weighted by molar-refractivity contribution is 0.608. The van der Waals surface area contributed by atoms with Gasteiger partial charge in [-0.1, -0.05) is 0 Å². The van der Waals surface area contributed by atoms with Crippen molar-refractivity contribution in [3.63, 3.8) is 0 Å². The molecule has 0 aromatic carbocycles. The van der Waals surface area contributed by atoms with Crippen LogP contribution >= 0.6 is 22.0 Å². The molecular weight excluding hydrogens is 256 g/mol. The smallest absolute Gasteiger partial charge is 0.238 e. The fourth-order valence-electron chi connectivity index (χ4n) is 1.45. The van der Waals surface area contributed by atoms with Crippen LogP contribution in [0, 0.1) is 13.8 Å². The zero-order chi connectivity index (χ0) is 11.2. The molecule has 0 unspecified atom stereocenters. The Kier molecular flexibility index (Phi) is 2.52. The van der Waals surface area contributed by atoms with Crippen LogP contribution < -0.4 is 0 Å². The molecular formula is C8H9ClN2O2S2. The maximum atomic E-state index is 11.0. The van der Waals surface area contributed by atoms with Crippen LogP contribution in [0.1, 0.15) is 16.3 Å². The van der Waals surface area contributed by atoms with Gasteiger partial charge in [0.1, 0.15) is 5.75 Å². The van der Waals surface area contributed by atoms with E-state index in [4.69, 9.17) is 10.7 Å². The Hall–Kier alpha value is -0.590. The average Bonchev–Trinajstić information content (AvgIpc) is 2.50. The topological polar surface area (TPSA) is 51.4 Å². The van der Waals surface area contributed by atoms with E-state index in [9.17, 15) is 8.42 Å². The zero-order valence-corrected chi connectivity index (χ0v) is 10.6. The molecule has 0 saturated heterocycles. The molecule has 4 nitrogen and oxygen atoms in total. The van der Waals surface area contributed by atoms with Crippen LogP contribution in [0.2, 0.25) is 0 Å². The first-order valence-corrected chi connectivity index (χ1v) is 7.52. The maximum absolute atomic E-state index is 11.0. The van der Waals surface area contributed by atoms with Crippen molar-refractivity contribution >= 4 is 36.0 Å². The van der Waals surface area contributed by atoms with Crippen molar-refractivity contribution in [1.29, 1.82) is 0 Å². The van der Waals surface area contributed by atoms with Gasteiger partial charge in [0.15, 0.2) is 4.96 Å². The molecule has 0 bridgehead atoms. The number of halogens is 1. The van der Waals surface area contributed by atoms with Gasteiger partial charge in [0.05, 0.1) is 11.4 Å². The van der Waals surface area contributed by atoms with Gasteiger partial charge in [-0.15, -0.1) is 11.3 Å². The Bertz CT molecular complexity index is 612. The Morgan fingerprint density at radius 3 is 2.80 bits per heavy atom. The summed E-state index contributed by atoms with van der Waals surface area (Å²) in [6.07, 6.45) is 1.87. The highest BCUT2D eigenvalue weighted by atomic mass is 35.7. The lowest BCUT2D eigenvalue weighted by atomic mass is 10.4. The molecule has 15 heavy (non-hydrogen) atoms. The molecule has 0 spiro atoms. The summed E-state index contributed by atoms with van der Waals surface area (Å²) in [6.45, 7) is 3.74. The number of aryl methyl sites for hydroxylation is 2. The Morgan fingerprint density at radius 1 is 1.53 bits per heavy atom. The van der Waals surface area contributed by atoms with Crippen LogP contribution in [0.15, 0.2) is 6.20 Å². The minimum absolute atomic E-state index is 0.183. The summed E-state index contributed by atoms with van der Waals surface area (Å²) < 4.78 is 23.8. The van der Waals surface area contributed by atoms with Crippen molar-refractivity contribution in [3.8, 4) is 0 Å². The van der Waals surface area contributed by atoms with Crippen molar-refractivity contribution < 1.29 is 8.42 Å². The Labute approximate surface area is 95.9 Å². The molecule has 0 atom stereocenters. The molecule has 0 aliphatic carbocycles. The summed E-state index contributed by atoms with van der Waals surface area (Å²) in [5.74, 6) is -0.183. The van der Waals surface area contributed by atoms with E-state index in [1.165, 1.54) is 11.3 Å². The fourth-order valence-corrected chi connectivity index (χ4v) is 3.32. The van der Waals surface area contributed by atoms with Crippen molar-refractivity contribution in [3.05, 3.63) is 22.5 Å². The van der Waals surface area contributed by atoms with E-state index < -0.39 is 9.05 Å². The fraction of sp³-hybridized carbons (Fsp3) is 0.375. The van der Waals surface area contributed by atoms with Crippen molar-refractivity contribution in [2.45, 2.75) is 19.6 Å². The first-order valence-electron chi connectivity index (χ1n) is 4.23. The average molecular weight is 265 g/mol. The molecule has 0 aliphatic rings. The third-order valence-corrected chi connectivity index (χ3v) is 3.89. The van der Waals surface area contributed by atoms with E-state index in [1.807, 2.05) is 13.1 Å². The predicted octanol–water partition coefficient (Wildman–Crippen LogP) is 2.08. The van der Waals surface area contributed by atoms with E-state index in [-0.39, 0.29) is 5.75 Å². The lowest BCUT2D eigenvalue weighted by Crippen LogP contribution is -2.00. The van der Waals surface area contributed by atoms with Crippen LogP contribution in [-0.2, 0) is 14.8 Å². The molecule has 2 heterocycles. The molecule has 2 aromatic rings. The second kappa shape index (κ2) is 3.47. The summed E-state index contributed by atoms with van der Waals surface area (Å²) in [5, 5.41) is 0. The Morgan fingerprint density at radius 2 is 2.20 bits per heavy atom. The van der Waals surface area contributed by atoms with Gasteiger partial charge in [-0.25, -0.2) is 13.4 Å². The third-order valence-electron chi connectivity index (χ3n) is 2.05. The van der Waals surface area contributed by atoms with Crippen LogP contribution in [0.4, 0.5) is 0 Å². The summed E-state index contributed by atoms with van der Waals surface area (Å²) in [6, 6.07) is 0. The second-order valence-electron chi connectivity index (χ2n) is 3.32. The Balaban J connectivity index is 2.62. The van der Waals surface area contributed by atoms with E-state index in [0.717, 1.165) is 9.84 Å². The summed E-state index contributed by atoms with van der Waals surface area (Å²) in [4.78, 5) is 6.17. The molecule has 0 aliphatic heterocycles. The molecule has 0 saturated carbocycles. The van der Waals surface area contributed by atoms with E-state index in [1.54, 1.807) is 11.3 Å². The molecule has 0 fully saturated rings. The molecule has 0 amide bonds. The van der Waals surface area contributed by atoms with Crippen molar-refractivity contribution in [1.82, 2.24) is 9.38 Å². The van der Waals surface area contributed by atoms with Crippen LogP contribution in [0.25, 0.3) is 4.96 Å². The number of nitrogens with zero attached hydrogens (tertiary/aromatic N) is 2. The summed E-state index contributed by atoms with van der Waals surface area (Å²) >= 11 is 1.53. The number of thiazole rings is 1. The van der Waals surface area contributed by atoms with E-state index in [2.05, 4.69) is 4.98 Å². The second-order valence-corrected chi connectivity index (χ2v) is 7.31. The molecule has 0 radical (unpaired) electrons. The molecule has 7 heteroatoms. The number of imidazole rings is 1. The van der Waals surface area contributed by atoms with Gasteiger partial charge < -0.3 is 0 Å². The molecule has 2 aromatic heterocycles. The van der Waals surface area contributed by atoms with E-state index >= 15 is 0 Å². The summed E-state index contributed by atoms with van der Waals surface area (Å²) in [5.41, 5.74) is 1.36. The number of rotatable bonds is 2. The van der Waals surface area contributed by atoms with Crippen LogP contribution in [-0.4, -0.2) is 17.8 Å². The van der Waals surface area contributed by atoms with Gasteiger partial charge in [0, 0.05) is 21.8 Å².